The maximum absolute atomic E-state index is 11.8. The van der Waals surface area contributed by atoms with Gasteiger partial charge in [0.05, 0.1) is 18.2 Å². The van der Waals surface area contributed by atoms with Crippen molar-refractivity contribution in [3.05, 3.63) is 48.0 Å². The Morgan fingerprint density at radius 1 is 1.28 bits per heavy atom. The highest BCUT2D eigenvalue weighted by Gasteiger charge is 2.22. The van der Waals surface area contributed by atoms with Crippen molar-refractivity contribution in [1.29, 1.82) is 0 Å². The van der Waals surface area contributed by atoms with Crippen molar-refractivity contribution >= 4 is 11.9 Å². The quantitative estimate of drug-likeness (QED) is 0.593. The molecular weight excluding hydrogens is 232 g/mol. The smallest absolute Gasteiger partial charge is 0.338 e. The molecule has 0 saturated carbocycles. The molecule has 0 amide bonds. The highest BCUT2D eigenvalue weighted by atomic mass is 16.6. The largest absolute Gasteiger partial charge is 0.466 e. The van der Waals surface area contributed by atoms with E-state index in [0.717, 1.165) is 0 Å². The summed E-state index contributed by atoms with van der Waals surface area (Å²) in [5.74, 6) is -1.05. The Morgan fingerprint density at radius 3 is 2.39 bits per heavy atom. The summed E-state index contributed by atoms with van der Waals surface area (Å²) in [5.41, 5.74) is 0.581. The van der Waals surface area contributed by atoms with Crippen LogP contribution in [0, 0.1) is 0 Å². The molecule has 0 radical (unpaired) electrons. The molecular formula is C14H16O4. The predicted molar refractivity (Wildman–Crippen MR) is 67.1 cm³/mol. The molecule has 4 heteroatoms. The summed E-state index contributed by atoms with van der Waals surface area (Å²) in [7, 11) is 1.26. The second kappa shape index (κ2) is 6.59. The van der Waals surface area contributed by atoms with Gasteiger partial charge in [-0.05, 0) is 18.6 Å². The number of benzene rings is 1. The van der Waals surface area contributed by atoms with Crippen molar-refractivity contribution < 1.29 is 19.1 Å². The average Bonchev–Trinajstić information content (AvgIpc) is 2.43. The molecule has 0 fully saturated rings. The standard InChI is InChI=1S/C14H16O4/c1-4-12(10(2)13(15)17-3)18-14(16)11-8-6-5-7-9-11/h5-9,12H,2,4H2,1,3H3. The Morgan fingerprint density at radius 2 is 1.89 bits per heavy atom. The van der Waals surface area contributed by atoms with Crippen molar-refractivity contribution in [1.82, 2.24) is 0 Å². The molecule has 0 aliphatic heterocycles. The predicted octanol–water partition coefficient (Wildman–Crippen LogP) is 2.35. The molecule has 1 unspecified atom stereocenters. The van der Waals surface area contributed by atoms with E-state index < -0.39 is 18.0 Å². The summed E-state index contributed by atoms with van der Waals surface area (Å²) in [6, 6.07) is 8.59. The van der Waals surface area contributed by atoms with Crippen LogP contribution in [-0.4, -0.2) is 25.2 Å². The highest BCUT2D eigenvalue weighted by Crippen LogP contribution is 2.13. The van der Waals surface area contributed by atoms with Crippen molar-refractivity contribution in [3.63, 3.8) is 0 Å². The highest BCUT2D eigenvalue weighted by molar-refractivity contribution is 5.92. The fourth-order valence-electron chi connectivity index (χ4n) is 1.43. The molecule has 0 bridgehead atoms. The van der Waals surface area contributed by atoms with Gasteiger partial charge in [-0.25, -0.2) is 9.59 Å². The summed E-state index contributed by atoms with van der Waals surface area (Å²) in [5, 5.41) is 0. The third-order valence-electron chi connectivity index (χ3n) is 2.47. The fourth-order valence-corrected chi connectivity index (χ4v) is 1.43. The van der Waals surface area contributed by atoms with E-state index >= 15 is 0 Å². The maximum Gasteiger partial charge on any atom is 0.338 e. The number of hydrogen-bond donors (Lipinski definition) is 0. The Bertz CT molecular complexity index is 436. The van der Waals surface area contributed by atoms with Gasteiger partial charge in [0.25, 0.3) is 0 Å². The van der Waals surface area contributed by atoms with Gasteiger partial charge >= 0.3 is 11.9 Å². The normalized spacial score (nSPS) is 11.4. The molecule has 0 aliphatic rings. The third kappa shape index (κ3) is 3.45. The lowest BCUT2D eigenvalue weighted by Gasteiger charge is -2.17. The van der Waals surface area contributed by atoms with Crippen LogP contribution in [0.2, 0.25) is 0 Å². The van der Waals surface area contributed by atoms with Crippen molar-refractivity contribution in [2.75, 3.05) is 7.11 Å². The minimum Gasteiger partial charge on any atom is -0.466 e. The first-order valence-corrected chi connectivity index (χ1v) is 5.63. The van der Waals surface area contributed by atoms with Crippen LogP contribution in [0.4, 0.5) is 0 Å². The Hall–Kier alpha value is -2.10. The average molecular weight is 248 g/mol. The monoisotopic (exact) mass is 248 g/mol. The Kier molecular flexibility index (Phi) is 5.11. The first kappa shape index (κ1) is 14.0. The summed E-state index contributed by atoms with van der Waals surface area (Å²) in [6.07, 6.45) is -0.197. The van der Waals surface area contributed by atoms with Crippen LogP contribution >= 0.6 is 0 Å². The van der Waals surface area contributed by atoms with Crippen LogP contribution in [-0.2, 0) is 14.3 Å². The third-order valence-corrected chi connectivity index (χ3v) is 2.47. The first-order chi connectivity index (χ1) is 8.60. The molecule has 0 aromatic heterocycles. The zero-order chi connectivity index (χ0) is 13.5. The van der Waals surface area contributed by atoms with Gasteiger partial charge in [0.1, 0.15) is 6.10 Å². The van der Waals surface area contributed by atoms with Gasteiger partial charge in [-0.1, -0.05) is 31.7 Å². The van der Waals surface area contributed by atoms with E-state index in [1.807, 2.05) is 6.07 Å². The second-order valence-electron chi connectivity index (χ2n) is 3.69. The summed E-state index contributed by atoms with van der Waals surface area (Å²) < 4.78 is 9.78. The van der Waals surface area contributed by atoms with Gasteiger partial charge < -0.3 is 9.47 Å². The van der Waals surface area contributed by atoms with Gasteiger partial charge in [0.15, 0.2) is 0 Å². The molecule has 18 heavy (non-hydrogen) atoms. The van der Waals surface area contributed by atoms with Gasteiger partial charge in [-0.3, -0.25) is 0 Å². The molecule has 1 rings (SSSR count). The number of carbonyl (C=O) groups excluding carboxylic acids is 2. The number of methoxy groups -OCH3 is 1. The molecule has 4 nitrogen and oxygen atoms in total. The second-order valence-corrected chi connectivity index (χ2v) is 3.69. The van der Waals surface area contributed by atoms with E-state index in [0.29, 0.717) is 12.0 Å². The van der Waals surface area contributed by atoms with E-state index in [4.69, 9.17) is 4.74 Å². The molecule has 1 atom stereocenters. The van der Waals surface area contributed by atoms with Crippen LogP contribution in [0.25, 0.3) is 0 Å². The van der Waals surface area contributed by atoms with Crippen molar-refractivity contribution in [2.45, 2.75) is 19.4 Å². The Balaban J connectivity index is 2.73. The van der Waals surface area contributed by atoms with Crippen LogP contribution in [0.3, 0.4) is 0 Å². The molecule has 96 valence electrons. The maximum atomic E-state index is 11.8. The lowest BCUT2D eigenvalue weighted by molar-refractivity contribution is -0.137. The number of hydrogen-bond acceptors (Lipinski definition) is 4. The number of ether oxygens (including phenoxy) is 2. The molecule has 0 aliphatic carbocycles. The zero-order valence-corrected chi connectivity index (χ0v) is 10.5. The first-order valence-electron chi connectivity index (χ1n) is 5.63. The van der Waals surface area contributed by atoms with Crippen LogP contribution in [0.15, 0.2) is 42.5 Å². The number of rotatable bonds is 5. The van der Waals surface area contributed by atoms with Crippen LogP contribution < -0.4 is 0 Å². The molecule has 0 spiro atoms. The molecule has 0 saturated heterocycles. The molecule has 0 N–H and O–H groups in total. The summed E-state index contributed by atoms with van der Waals surface area (Å²) in [6.45, 7) is 5.39. The van der Waals surface area contributed by atoms with E-state index in [2.05, 4.69) is 11.3 Å². The van der Waals surface area contributed by atoms with E-state index in [1.54, 1.807) is 31.2 Å². The van der Waals surface area contributed by atoms with Gasteiger partial charge in [0, 0.05) is 0 Å². The molecule has 1 aromatic carbocycles. The lowest BCUT2D eigenvalue weighted by Crippen LogP contribution is -2.24. The zero-order valence-electron chi connectivity index (χ0n) is 10.5. The van der Waals surface area contributed by atoms with E-state index in [-0.39, 0.29) is 5.57 Å². The van der Waals surface area contributed by atoms with Crippen molar-refractivity contribution in [3.8, 4) is 0 Å². The Labute approximate surface area is 106 Å². The lowest BCUT2D eigenvalue weighted by atomic mass is 10.1. The SMILES string of the molecule is C=C(C(=O)OC)C(CC)OC(=O)c1ccccc1. The van der Waals surface area contributed by atoms with E-state index in [1.165, 1.54) is 7.11 Å². The summed E-state index contributed by atoms with van der Waals surface area (Å²) in [4.78, 5) is 23.1. The molecule has 0 heterocycles. The van der Waals surface area contributed by atoms with Crippen molar-refractivity contribution in [2.24, 2.45) is 0 Å². The van der Waals surface area contributed by atoms with Gasteiger partial charge in [0.2, 0.25) is 0 Å². The van der Waals surface area contributed by atoms with Crippen LogP contribution in [0.1, 0.15) is 23.7 Å². The summed E-state index contributed by atoms with van der Waals surface area (Å²) >= 11 is 0. The topological polar surface area (TPSA) is 52.6 Å². The van der Waals surface area contributed by atoms with Gasteiger partial charge in [-0.15, -0.1) is 0 Å². The van der Waals surface area contributed by atoms with E-state index in [9.17, 15) is 9.59 Å². The number of esters is 2. The molecule has 1 aromatic rings. The fraction of sp³-hybridized carbons (Fsp3) is 0.286. The van der Waals surface area contributed by atoms with Gasteiger partial charge in [-0.2, -0.15) is 0 Å². The minimum absolute atomic E-state index is 0.143. The number of carbonyl (C=O) groups is 2. The van der Waals surface area contributed by atoms with Crippen LogP contribution in [0.5, 0.6) is 0 Å². The minimum atomic E-state index is -0.662.